The number of halogens is 3. The van der Waals surface area contributed by atoms with Crippen LogP contribution < -0.4 is 5.32 Å². The second-order valence-electron chi connectivity index (χ2n) is 4.84. The van der Waals surface area contributed by atoms with Crippen molar-refractivity contribution >= 4 is 27.5 Å². The summed E-state index contributed by atoms with van der Waals surface area (Å²) >= 11 is 1.53. The van der Waals surface area contributed by atoms with E-state index in [1.54, 1.807) is 0 Å². The molecule has 0 saturated carbocycles. The van der Waals surface area contributed by atoms with Gasteiger partial charge in [0.25, 0.3) is 0 Å². The summed E-state index contributed by atoms with van der Waals surface area (Å²) in [6.07, 6.45) is -5.92. The van der Waals surface area contributed by atoms with Crippen LogP contribution in [0, 0.1) is 0 Å². The zero-order chi connectivity index (χ0) is 15.5. The number of thiazole rings is 1. The van der Waals surface area contributed by atoms with E-state index in [-0.39, 0.29) is 12.5 Å². The van der Waals surface area contributed by atoms with Gasteiger partial charge in [0.1, 0.15) is 0 Å². The SMILES string of the molecule is C[C@H](CNC(=O)CCC(F)(F)F)c1nc2ccccc2s1. The van der Waals surface area contributed by atoms with Crippen LogP contribution in [0.25, 0.3) is 10.2 Å². The Labute approximate surface area is 124 Å². The van der Waals surface area contributed by atoms with Crippen LogP contribution in [0.15, 0.2) is 24.3 Å². The van der Waals surface area contributed by atoms with Crippen molar-refractivity contribution < 1.29 is 18.0 Å². The molecule has 2 rings (SSSR count). The Kier molecular flexibility index (Phi) is 4.82. The average molecular weight is 316 g/mol. The fraction of sp³-hybridized carbons (Fsp3) is 0.429. The lowest BCUT2D eigenvalue weighted by Crippen LogP contribution is -2.28. The first-order valence-electron chi connectivity index (χ1n) is 6.54. The summed E-state index contributed by atoms with van der Waals surface area (Å²) in [5.41, 5.74) is 0.896. The number of carbonyl (C=O) groups is 1. The minimum Gasteiger partial charge on any atom is -0.355 e. The molecule has 0 fully saturated rings. The Hall–Kier alpha value is -1.63. The molecule has 0 unspecified atom stereocenters. The van der Waals surface area contributed by atoms with Gasteiger partial charge < -0.3 is 5.32 Å². The summed E-state index contributed by atoms with van der Waals surface area (Å²) in [5, 5.41) is 3.39. The summed E-state index contributed by atoms with van der Waals surface area (Å²) < 4.78 is 37.1. The van der Waals surface area contributed by atoms with Crippen molar-refractivity contribution in [2.75, 3.05) is 6.54 Å². The van der Waals surface area contributed by atoms with Crippen molar-refractivity contribution in [2.24, 2.45) is 0 Å². The molecule has 0 aliphatic rings. The summed E-state index contributed by atoms with van der Waals surface area (Å²) in [4.78, 5) is 15.8. The first-order chi connectivity index (χ1) is 9.85. The molecule has 7 heteroatoms. The van der Waals surface area contributed by atoms with Gasteiger partial charge in [-0.05, 0) is 12.1 Å². The van der Waals surface area contributed by atoms with Gasteiger partial charge in [-0.15, -0.1) is 11.3 Å². The summed E-state index contributed by atoms with van der Waals surface area (Å²) in [7, 11) is 0. The van der Waals surface area contributed by atoms with Crippen LogP contribution in [0.2, 0.25) is 0 Å². The van der Waals surface area contributed by atoms with E-state index < -0.39 is 24.9 Å². The summed E-state index contributed by atoms with van der Waals surface area (Å²) in [6.45, 7) is 2.18. The van der Waals surface area contributed by atoms with Gasteiger partial charge in [-0.25, -0.2) is 4.98 Å². The lowest BCUT2D eigenvalue weighted by molar-refractivity contribution is -0.144. The molecule has 1 N–H and O–H groups in total. The van der Waals surface area contributed by atoms with E-state index in [0.29, 0.717) is 0 Å². The number of benzene rings is 1. The molecular weight excluding hydrogens is 301 g/mol. The summed E-state index contributed by atoms with van der Waals surface area (Å²) in [6, 6.07) is 7.69. The van der Waals surface area contributed by atoms with Crippen LogP contribution in [-0.2, 0) is 4.79 Å². The van der Waals surface area contributed by atoms with Gasteiger partial charge in [-0.3, -0.25) is 4.79 Å². The highest BCUT2D eigenvalue weighted by molar-refractivity contribution is 7.18. The number of para-hydroxylation sites is 1. The molecule has 1 heterocycles. The molecule has 0 bridgehead atoms. The second kappa shape index (κ2) is 6.43. The standard InChI is InChI=1S/C14H15F3N2OS/c1-9(8-18-12(20)6-7-14(15,16)17)13-19-10-4-2-3-5-11(10)21-13/h2-5,9H,6-8H2,1H3,(H,18,20)/t9-/m1/s1. The second-order valence-corrected chi connectivity index (χ2v) is 5.90. The summed E-state index contributed by atoms with van der Waals surface area (Å²) in [5.74, 6) is -0.613. The zero-order valence-electron chi connectivity index (χ0n) is 11.4. The highest BCUT2D eigenvalue weighted by Gasteiger charge is 2.27. The Bertz CT molecular complexity index is 591. The number of alkyl halides is 3. The van der Waals surface area contributed by atoms with Crippen LogP contribution in [0.3, 0.4) is 0 Å². The first-order valence-corrected chi connectivity index (χ1v) is 7.36. The third kappa shape index (κ3) is 4.70. The van der Waals surface area contributed by atoms with Crippen molar-refractivity contribution in [3.05, 3.63) is 29.3 Å². The van der Waals surface area contributed by atoms with Crippen LogP contribution in [0.5, 0.6) is 0 Å². The molecular formula is C14H15F3N2OS. The fourth-order valence-corrected chi connectivity index (χ4v) is 2.82. The lowest BCUT2D eigenvalue weighted by atomic mass is 10.2. The minimum atomic E-state index is -4.30. The monoisotopic (exact) mass is 316 g/mol. The number of hydrogen-bond acceptors (Lipinski definition) is 3. The van der Waals surface area contributed by atoms with Crippen LogP contribution >= 0.6 is 11.3 Å². The largest absolute Gasteiger partial charge is 0.389 e. The highest BCUT2D eigenvalue weighted by Crippen LogP contribution is 2.27. The average Bonchev–Trinajstić information content (AvgIpc) is 2.85. The van der Waals surface area contributed by atoms with Gasteiger partial charge >= 0.3 is 6.18 Å². The molecule has 3 nitrogen and oxygen atoms in total. The molecule has 0 radical (unpaired) electrons. The Morgan fingerprint density at radius 1 is 1.38 bits per heavy atom. The highest BCUT2D eigenvalue weighted by atomic mass is 32.1. The van der Waals surface area contributed by atoms with Crippen LogP contribution in [-0.4, -0.2) is 23.6 Å². The van der Waals surface area contributed by atoms with E-state index in [9.17, 15) is 18.0 Å². The van der Waals surface area contributed by atoms with Crippen molar-refractivity contribution in [2.45, 2.75) is 31.9 Å². The predicted octanol–water partition coefficient (Wildman–Crippen LogP) is 3.86. The Balaban J connectivity index is 1.86. The first kappa shape index (κ1) is 15.8. The number of rotatable bonds is 5. The molecule has 0 spiro atoms. The van der Waals surface area contributed by atoms with E-state index in [1.807, 2.05) is 31.2 Å². The molecule has 0 aliphatic carbocycles. The topological polar surface area (TPSA) is 42.0 Å². The molecule has 1 aromatic carbocycles. The maximum absolute atomic E-state index is 12.0. The van der Waals surface area contributed by atoms with Gasteiger partial charge in [0, 0.05) is 18.9 Å². The molecule has 0 aliphatic heterocycles. The number of nitrogens with zero attached hydrogens (tertiary/aromatic N) is 1. The van der Waals surface area contributed by atoms with Crippen molar-refractivity contribution in [1.82, 2.24) is 10.3 Å². The van der Waals surface area contributed by atoms with Crippen molar-refractivity contribution in [3.63, 3.8) is 0 Å². The normalized spacial score (nSPS) is 13.3. The molecule has 1 amide bonds. The molecule has 2 aromatic rings. The molecule has 0 saturated heterocycles. The van der Waals surface area contributed by atoms with Crippen molar-refractivity contribution in [3.8, 4) is 0 Å². The van der Waals surface area contributed by atoms with E-state index >= 15 is 0 Å². The maximum atomic E-state index is 12.0. The van der Waals surface area contributed by atoms with E-state index in [2.05, 4.69) is 10.3 Å². The van der Waals surface area contributed by atoms with E-state index in [1.165, 1.54) is 11.3 Å². The van der Waals surface area contributed by atoms with Gasteiger partial charge in [0.15, 0.2) is 0 Å². The fourth-order valence-electron chi connectivity index (χ4n) is 1.80. The third-order valence-electron chi connectivity index (χ3n) is 2.97. The number of carbonyl (C=O) groups excluding carboxylic acids is 1. The van der Waals surface area contributed by atoms with Gasteiger partial charge in [0.05, 0.1) is 21.6 Å². The molecule has 21 heavy (non-hydrogen) atoms. The lowest BCUT2D eigenvalue weighted by Gasteiger charge is -2.10. The van der Waals surface area contributed by atoms with Crippen molar-refractivity contribution in [1.29, 1.82) is 0 Å². The smallest absolute Gasteiger partial charge is 0.355 e. The Morgan fingerprint density at radius 2 is 2.10 bits per heavy atom. The zero-order valence-corrected chi connectivity index (χ0v) is 12.2. The van der Waals surface area contributed by atoms with E-state index in [0.717, 1.165) is 15.2 Å². The number of nitrogens with one attached hydrogen (secondary N) is 1. The van der Waals surface area contributed by atoms with Gasteiger partial charge in [0.2, 0.25) is 5.91 Å². The Morgan fingerprint density at radius 3 is 2.76 bits per heavy atom. The number of hydrogen-bond donors (Lipinski definition) is 1. The van der Waals surface area contributed by atoms with Crippen LogP contribution in [0.1, 0.15) is 30.7 Å². The molecule has 114 valence electrons. The predicted molar refractivity (Wildman–Crippen MR) is 76.3 cm³/mol. The number of amides is 1. The number of fused-ring (bicyclic) bond motifs is 1. The quantitative estimate of drug-likeness (QED) is 0.910. The minimum absolute atomic E-state index is 0.0303. The van der Waals surface area contributed by atoms with E-state index in [4.69, 9.17) is 0 Å². The van der Waals surface area contributed by atoms with Crippen LogP contribution in [0.4, 0.5) is 13.2 Å². The molecule has 1 aromatic heterocycles. The van der Waals surface area contributed by atoms with Gasteiger partial charge in [-0.1, -0.05) is 19.1 Å². The number of aromatic nitrogens is 1. The van der Waals surface area contributed by atoms with Gasteiger partial charge in [-0.2, -0.15) is 13.2 Å². The molecule has 1 atom stereocenters. The third-order valence-corrected chi connectivity index (χ3v) is 4.24. The maximum Gasteiger partial charge on any atom is 0.389 e.